The van der Waals surface area contributed by atoms with Gasteiger partial charge in [-0.2, -0.15) is 0 Å². The van der Waals surface area contributed by atoms with Gasteiger partial charge in [0, 0.05) is 16.9 Å². The predicted octanol–water partition coefficient (Wildman–Crippen LogP) is 3.33. The Morgan fingerprint density at radius 3 is 2.76 bits per heavy atom. The lowest BCUT2D eigenvalue weighted by Crippen LogP contribution is -2.20. The van der Waals surface area contributed by atoms with E-state index in [2.05, 4.69) is 0 Å². The Bertz CT molecular complexity index is 719. The summed E-state index contributed by atoms with van der Waals surface area (Å²) in [6, 6.07) is 9.47. The summed E-state index contributed by atoms with van der Waals surface area (Å²) in [6.07, 6.45) is 0. The zero-order valence-corrected chi connectivity index (χ0v) is 13.5. The number of likely N-dealkylation sites (N-methyl/N-ethyl adjacent to an activating group) is 1. The molecular weight excluding hydrogens is 302 g/mol. The summed E-state index contributed by atoms with van der Waals surface area (Å²) in [6.45, 7) is 0.370. The van der Waals surface area contributed by atoms with E-state index < -0.39 is 0 Å². The SMILES string of the molecule is CN(C)CC(=O)c1cc2c(s1)SCc1ccccc1C2=O. The number of hydrogen-bond acceptors (Lipinski definition) is 5. The molecule has 0 aliphatic carbocycles. The summed E-state index contributed by atoms with van der Waals surface area (Å²) in [5.74, 6) is 0.877. The van der Waals surface area contributed by atoms with E-state index in [4.69, 9.17) is 0 Å². The number of benzene rings is 1. The van der Waals surface area contributed by atoms with Crippen LogP contribution in [0.25, 0.3) is 0 Å². The Balaban J connectivity index is 1.98. The van der Waals surface area contributed by atoms with Crippen molar-refractivity contribution < 1.29 is 9.59 Å². The second-order valence-corrected chi connectivity index (χ2v) is 7.54. The van der Waals surface area contributed by atoms with Gasteiger partial charge in [-0.1, -0.05) is 24.3 Å². The number of thiophene rings is 1. The Kier molecular flexibility index (Phi) is 3.97. The van der Waals surface area contributed by atoms with Gasteiger partial charge in [0.2, 0.25) is 0 Å². The van der Waals surface area contributed by atoms with E-state index in [9.17, 15) is 9.59 Å². The molecule has 3 rings (SSSR count). The zero-order valence-electron chi connectivity index (χ0n) is 11.9. The van der Waals surface area contributed by atoms with Gasteiger partial charge in [-0.05, 0) is 25.7 Å². The summed E-state index contributed by atoms with van der Waals surface area (Å²) >= 11 is 3.08. The molecule has 0 spiro atoms. The third kappa shape index (κ3) is 2.81. The lowest BCUT2D eigenvalue weighted by Gasteiger charge is -2.06. The first-order valence-corrected chi connectivity index (χ1v) is 8.43. The fraction of sp³-hybridized carbons (Fsp3) is 0.250. The molecule has 0 atom stereocenters. The molecular formula is C16H15NO2S2. The minimum Gasteiger partial charge on any atom is -0.302 e. The normalized spacial score (nSPS) is 13.8. The van der Waals surface area contributed by atoms with Gasteiger partial charge in [0.25, 0.3) is 0 Å². The molecule has 2 aromatic rings. The molecule has 0 N–H and O–H groups in total. The number of carbonyl (C=O) groups is 2. The number of nitrogens with zero attached hydrogens (tertiary/aromatic N) is 1. The van der Waals surface area contributed by atoms with Crippen LogP contribution in [-0.4, -0.2) is 37.1 Å². The van der Waals surface area contributed by atoms with Crippen molar-refractivity contribution in [2.24, 2.45) is 0 Å². The quantitative estimate of drug-likeness (QED) is 0.814. The average molecular weight is 317 g/mol. The Morgan fingerprint density at radius 2 is 2.00 bits per heavy atom. The van der Waals surface area contributed by atoms with Crippen molar-refractivity contribution in [3.8, 4) is 0 Å². The largest absolute Gasteiger partial charge is 0.302 e. The number of Topliss-reactive ketones (excluding diaryl/α,β-unsaturated/α-hetero) is 1. The number of hydrogen-bond donors (Lipinski definition) is 0. The zero-order chi connectivity index (χ0) is 15.0. The van der Waals surface area contributed by atoms with Gasteiger partial charge in [-0.3, -0.25) is 9.59 Å². The van der Waals surface area contributed by atoms with E-state index in [0.717, 1.165) is 21.1 Å². The van der Waals surface area contributed by atoms with Crippen molar-refractivity contribution in [2.75, 3.05) is 20.6 Å². The van der Waals surface area contributed by atoms with Crippen LogP contribution in [0.1, 0.15) is 31.2 Å². The molecule has 1 aromatic carbocycles. The third-order valence-electron chi connectivity index (χ3n) is 3.30. The third-order valence-corrected chi connectivity index (χ3v) is 5.81. The molecule has 0 saturated carbocycles. The number of carbonyl (C=O) groups excluding carboxylic acids is 2. The fourth-order valence-corrected chi connectivity index (χ4v) is 4.64. The highest BCUT2D eigenvalue weighted by Crippen LogP contribution is 2.39. The van der Waals surface area contributed by atoms with Crippen LogP contribution in [0.2, 0.25) is 0 Å². The van der Waals surface area contributed by atoms with Crippen LogP contribution < -0.4 is 0 Å². The first-order chi connectivity index (χ1) is 10.1. The minimum absolute atomic E-state index is 0.0331. The van der Waals surface area contributed by atoms with Gasteiger partial charge in [0.15, 0.2) is 11.6 Å². The second kappa shape index (κ2) is 5.75. The lowest BCUT2D eigenvalue weighted by molar-refractivity contribution is 0.0961. The summed E-state index contributed by atoms with van der Waals surface area (Å²) in [5, 5.41) is 0. The van der Waals surface area contributed by atoms with Crippen LogP contribution in [0.5, 0.6) is 0 Å². The van der Waals surface area contributed by atoms with Crippen LogP contribution in [0, 0.1) is 0 Å². The number of rotatable bonds is 3. The molecule has 1 aliphatic heterocycles. The monoisotopic (exact) mass is 317 g/mol. The average Bonchev–Trinajstić information content (AvgIpc) is 2.83. The van der Waals surface area contributed by atoms with E-state index in [1.54, 1.807) is 17.8 Å². The van der Waals surface area contributed by atoms with Crippen molar-refractivity contribution >= 4 is 34.7 Å². The van der Waals surface area contributed by atoms with Crippen molar-refractivity contribution in [3.63, 3.8) is 0 Å². The molecule has 0 fully saturated rings. The lowest BCUT2D eigenvalue weighted by atomic mass is 10.0. The summed E-state index contributed by atoms with van der Waals surface area (Å²) in [5.41, 5.74) is 2.50. The van der Waals surface area contributed by atoms with Crippen molar-refractivity contribution in [2.45, 2.75) is 9.96 Å². The highest BCUT2D eigenvalue weighted by molar-refractivity contribution is 8.00. The Hall–Kier alpha value is -1.43. The molecule has 0 amide bonds. The molecule has 0 unspecified atom stereocenters. The maximum Gasteiger partial charge on any atom is 0.195 e. The van der Waals surface area contributed by atoms with E-state index in [-0.39, 0.29) is 11.6 Å². The van der Waals surface area contributed by atoms with Gasteiger partial charge in [-0.25, -0.2) is 0 Å². The number of fused-ring (bicyclic) bond motifs is 2. The van der Waals surface area contributed by atoms with E-state index in [1.165, 1.54) is 11.3 Å². The van der Waals surface area contributed by atoms with Crippen LogP contribution in [0.3, 0.4) is 0 Å². The summed E-state index contributed by atoms with van der Waals surface area (Å²) in [7, 11) is 3.74. The van der Waals surface area contributed by atoms with Crippen LogP contribution in [0.15, 0.2) is 34.5 Å². The first-order valence-electron chi connectivity index (χ1n) is 6.63. The number of thioether (sulfide) groups is 1. The van der Waals surface area contributed by atoms with Crippen LogP contribution >= 0.6 is 23.1 Å². The van der Waals surface area contributed by atoms with Gasteiger partial charge in [0.1, 0.15) is 0 Å². The molecule has 1 aromatic heterocycles. The van der Waals surface area contributed by atoms with E-state index in [0.29, 0.717) is 17.0 Å². The van der Waals surface area contributed by atoms with Crippen molar-refractivity contribution in [1.29, 1.82) is 0 Å². The highest BCUT2D eigenvalue weighted by atomic mass is 32.2. The van der Waals surface area contributed by atoms with Crippen LogP contribution in [-0.2, 0) is 5.75 Å². The predicted molar refractivity (Wildman–Crippen MR) is 86.6 cm³/mol. The Labute approximate surface area is 132 Å². The molecule has 108 valence electrons. The maximum absolute atomic E-state index is 12.7. The number of ketones is 2. The molecule has 5 heteroatoms. The van der Waals surface area contributed by atoms with Crippen molar-refractivity contribution in [3.05, 3.63) is 51.9 Å². The Morgan fingerprint density at radius 1 is 1.24 bits per heavy atom. The molecule has 3 nitrogen and oxygen atoms in total. The summed E-state index contributed by atoms with van der Waals surface area (Å²) in [4.78, 5) is 27.3. The molecule has 1 aliphatic rings. The van der Waals surface area contributed by atoms with Gasteiger partial charge < -0.3 is 4.90 Å². The summed E-state index contributed by atoms with van der Waals surface area (Å²) < 4.78 is 0.957. The molecule has 0 bridgehead atoms. The van der Waals surface area contributed by atoms with E-state index >= 15 is 0 Å². The maximum atomic E-state index is 12.7. The first kappa shape index (κ1) is 14.5. The van der Waals surface area contributed by atoms with E-state index in [1.807, 2.05) is 43.3 Å². The highest BCUT2D eigenvalue weighted by Gasteiger charge is 2.25. The molecule has 21 heavy (non-hydrogen) atoms. The van der Waals surface area contributed by atoms with Gasteiger partial charge in [-0.15, -0.1) is 23.1 Å². The molecule has 0 radical (unpaired) electrons. The van der Waals surface area contributed by atoms with Crippen LogP contribution in [0.4, 0.5) is 0 Å². The minimum atomic E-state index is 0.0331. The fourth-order valence-electron chi connectivity index (χ4n) is 2.30. The van der Waals surface area contributed by atoms with Gasteiger partial charge >= 0.3 is 0 Å². The molecule has 2 heterocycles. The topological polar surface area (TPSA) is 37.4 Å². The van der Waals surface area contributed by atoms with Gasteiger partial charge in [0.05, 0.1) is 15.6 Å². The second-order valence-electron chi connectivity index (χ2n) is 5.25. The standard InChI is InChI=1S/C16H15NO2S2/c1-17(2)8-13(18)14-7-12-15(19)11-6-4-3-5-10(11)9-20-16(12)21-14/h3-7H,8-9H2,1-2H3. The smallest absolute Gasteiger partial charge is 0.195 e. The molecule has 0 saturated heterocycles. The van der Waals surface area contributed by atoms with Crippen molar-refractivity contribution in [1.82, 2.24) is 4.90 Å².